The van der Waals surface area contributed by atoms with Crippen LogP contribution in [0, 0.1) is 0 Å². The Bertz CT molecular complexity index is 1040. The van der Waals surface area contributed by atoms with Crippen LogP contribution in [-0.4, -0.2) is 34.8 Å². The van der Waals surface area contributed by atoms with Crippen LogP contribution in [0.1, 0.15) is 21.6 Å². The number of ether oxygens (including phenoxy) is 1. The SMILES string of the molecule is N/C(=N/OCC(=O)N1CCc2sccc2C1)c1cccc(OCc2cccnc2)c1. The third kappa shape index (κ3) is 4.96. The summed E-state index contributed by atoms with van der Waals surface area (Å²) in [5.74, 6) is 0.746. The Labute approximate surface area is 178 Å². The van der Waals surface area contributed by atoms with E-state index in [4.69, 9.17) is 15.3 Å². The molecule has 154 valence electrons. The Hall–Kier alpha value is -3.39. The first-order chi connectivity index (χ1) is 14.7. The second kappa shape index (κ2) is 9.41. The number of nitrogens with zero attached hydrogens (tertiary/aromatic N) is 3. The summed E-state index contributed by atoms with van der Waals surface area (Å²) in [5.41, 5.74) is 8.86. The van der Waals surface area contributed by atoms with Crippen LogP contribution in [0.3, 0.4) is 0 Å². The zero-order valence-corrected chi connectivity index (χ0v) is 17.2. The molecular formula is C22H22N4O3S. The molecule has 0 atom stereocenters. The molecule has 7 nitrogen and oxygen atoms in total. The third-order valence-corrected chi connectivity index (χ3v) is 5.79. The van der Waals surface area contributed by atoms with Crippen molar-refractivity contribution in [1.82, 2.24) is 9.88 Å². The van der Waals surface area contributed by atoms with Gasteiger partial charge in [0.2, 0.25) is 0 Å². The van der Waals surface area contributed by atoms with Crippen molar-refractivity contribution in [2.45, 2.75) is 19.6 Å². The number of oxime groups is 1. The van der Waals surface area contributed by atoms with E-state index >= 15 is 0 Å². The molecule has 2 N–H and O–H groups in total. The fourth-order valence-electron chi connectivity index (χ4n) is 3.16. The number of rotatable bonds is 7. The number of benzene rings is 1. The van der Waals surface area contributed by atoms with Gasteiger partial charge in [-0.1, -0.05) is 23.4 Å². The van der Waals surface area contributed by atoms with Gasteiger partial charge in [0.25, 0.3) is 5.91 Å². The molecule has 1 aliphatic heterocycles. The molecule has 0 fully saturated rings. The minimum atomic E-state index is -0.141. The molecule has 0 aliphatic carbocycles. The Kier molecular flexibility index (Phi) is 6.24. The first kappa shape index (κ1) is 19.9. The summed E-state index contributed by atoms with van der Waals surface area (Å²) in [7, 11) is 0. The first-order valence-electron chi connectivity index (χ1n) is 9.59. The molecule has 8 heteroatoms. The maximum absolute atomic E-state index is 12.4. The number of pyridine rings is 1. The van der Waals surface area contributed by atoms with Crippen molar-refractivity contribution in [2.75, 3.05) is 13.2 Å². The van der Waals surface area contributed by atoms with Gasteiger partial charge in [0.1, 0.15) is 12.4 Å². The summed E-state index contributed by atoms with van der Waals surface area (Å²) in [5, 5.41) is 5.97. The second-order valence-corrected chi connectivity index (χ2v) is 7.86. The summed E-state index contributed by atoms with van der Waals surface area (Å²) in [6, 6.07) is 13.1. The van der Waals surface area contributed by atoms with Gasteiger partial charge in [0, 0.05) is 41.5 Å². The summed E-state index contributed by atoms with van der Waals surface area (Å²) < 4.78 is 5.78. The standard InChI is InChI=1S/C22H22N4O3S/c23-22(17-4-1-5-19(11-17)28-14-16-3-2-8-24-12-16)25-29-15-21(27)26-9-6-20-18(13-26)7-10-30-20/h1-5,7-8,10-12H,6,9,13-15H2,(H2,23,25). The van der Waals surface area contributed by atoms with E-state index in [1.54, 1.807) is 34.7 Å². The smallest absolute Gasteiger partial charge is 0.263 e. The summed E-state index contributed by atoms with van der Waals surface area (Å²) >= 11 is 1.74. The predicted octanol–water partition coefficient (Wildman–Crippen LogP) is 2.94. The maximum Gasteiger partial charge on any atom is 0.263 e. The molecule has 0 bridgehead atoms. The fraction of sp³-hybridized carbons (Fsp3) is 0.227. The molecule has 3 aromatic rings. The quantitative estimate of drug-likeness (QED) is 0.359. The highest BCUT2D eigenvalue weighted by Gasteiger charge is 2.21. The number of amides is 1. The largest absolute Gasteiger partial charge is 0.489 e. The highest BCUT2D eigenvalue weighted by Crippen LogP contribution is 2.24. The number of aromatic nitrogens is 1. The number of fused-ring (bicyclic) bond motifs is 1. The molecule has 0 saturated carbocycles. The van der Waals surface area contributed by atoms with Crippen LogP contribution in [-0.2, 0) is 29.2 Å². The average Bonchev–Trinajstić information content (AvgIpc) is 3.26. The Morgan fingerprint density at radius 1 is 1.27 bits per heavy atom. The second-order valence-electron chi connectivity index (χ2n) is 6.86. The predicted molar refractivity (Wildman–Crippen MR) is 115 cm³/mol. The van der Waals surface area contributed by atoms with Crippen molar-refractivity contribution in [2.24, 2.45) is 10.9 Å². The van der Waals surface area contributed by atoms with E-state index in [0.29, 0.717) is 31.0 Å². The molecule has 1 aliphatic rings. The Morgan fingerprint density at radius 3 is 3.07 bits per heavy atom. The molecule has 3 heterocycles. The lowest BCUT2D eigenvalue weighted by Crippen LogP contribution is -2.37. The molecule has 0 radical (unpaired) electrons. The van der Waals surface area contributed by atoms with E-state index in [2.05, 4.69) is 21.6 Å². The van der Waals surface area contributed by atoms with E-state index in [0.717, 1.165) is 12.0 Å². The summed E-state index contributed by atoms with van der Waals surface area (Å²) in [6.07, 6.45) is 4.36. The van der Waals surface area contributed by atoms with Crippen molar-refractivity contribution in [1.29, 1.82) is 0 Å². The van der Waals surface area contributed by atoms with Crippen molar-refractivity contribution in [3.63, 3.8) is 0 Å². The van der Waals surface area contributed by atoms with Crippen LogP contribution in [0.15, 0.2) is 65.4 Å². The van der Waals surface area contributed by atoms with Gasteiger partial charge < -0.3 is 20.2 Å². The van der Waals surface area contributed by atoms with E-state index in [9.17, 15) is 4.79 Å². The van der Waals surface area contributed by atoms with E-state index in [-0.39, 0.29) is 18.3 Å². The number of carbonyl (C=O) groups is 1. The van der Waals surface area contributed by atoms with Gasteiger partial charge in [-0.3, -0.25) is 9.78 Å². The van der Waals surface area contributed by atoms with Crippen LogP contribution in [0.2, 0.25) is 0 Å². The molecular weight excluding hydrogens is 400 g/mol. The molecule has 2 aromatic heterocycles. The Balaban J connectivity index is 1.29. The van der Waals surface area contributed by atoms with Gasteiger partial charge in [-0.05, 0) is 41.6 Å². The Morgan fingerprint density at radius 2 is 2.20 bits per heavy atom. The lowest BCUT2D eigenvalue weighted by Gasteiger charge is -2.26. The van der Waals surface area contributed by atoms with E-state index in [1.165, 1.54) is 10.4 Å². The first-order valence-corrected chi connectivity index (χ1v) is 10.5. The van der Waals surface area contributed by atoms with E-state index < -0.39 is 0 Å². The number of nitrogens with two attached hydrogens (primary N) is 1. The number of carbonyl (C=O) groups excluding carboxylic acids is 1. The lowest BCUT2D eigenvalue weighted by atomic mass is 10.1. The molecule has 0 saturated heterocycles. The van der Waals surface area contributed by atoms with Crippen LogP contribution in [0.25, 0.3) is 0 Å². The molecule has 4 rings (SSSR count). The van der Waals surface area contributed by atoms with Gasteiger partial charge in [0.15, 0.2) is 12.4 Å². The van der Waals surface area contributed by atoms with Crippen LogP contribution in [0.5, 0.6) is 5.75 Å². The van der Waals surface area contributed by atoms with Crippen LogP contribution < -0.4 is 10.5 Å². The van der Waals surface area contributed by atoms with Crippen LogP contribution in [0.4, 0.5) is 0 Å². The van der Waals surface area contributed by atoms with Crippen molar-refractivity contribution < 1.29 is 14.4 Å². The zero-order valence-electron chi connectivity index (χ0n) is 16.4. The number of thiophene rings is 1. The molecule has 0 unspecified atom stereocenters. The van der Waals surface area contributed by atoms with Crippen molar-refractivity contribution >= 4 is 23.1 Å². The molecule has 1 aromatic carbocycles. The highest BCUT2D eigenvalue weighted by atomic mass is 32.1. The highest BCUT2D eigenvalue weighted by molar-refractivity contribution is 7.10. The summed E-state index contributed by atoms with van der Waals surface area (Å²) in [4.78, 5) is 24.8. The maximum atomic E-state index is 12.4. The van der Waals surface area contributed by atoms with Crippen LogP contribution >= 0.6 is 11.3 Å². The van der Waals surface area contributed by atoms with Gasteiger partial charge in [-0.15, -0.1) is 11.3 Å². The molecule has 0 spiro atoms. The zero-order chi connectivity index (χ0) is 20.8. The van der Waals surface area contributed by atoms with Crippen molar-refractivity contribution in [3.8, 4) is 5.75 Å². The third-order valence-electron chi connectivity index (χ3n) is 4.77. The van der Waals surface area contributed by atoms with Gasteiger partial charge in [-0.25, -0.2) is 0 Å². The normalized spacial score (nSPS) is 13.6. The lowest BCUT2D eigenvalue weighted by molar-refractivity contribution is -0.137. The number of hydrogen-bond donors (Lipinski definition) is 1. The minimum Gasteiger partial charge on any atom is -0.489 e. The number of amidine groups is 1. The minimum absolute atomic E-state index is 0.100. The summed E-state index contributed by atoms with van der Waals surface area (Å²) in [6.45, 7) is 1.58. The topological polar surface area (TPSA) is 90.0 Å². The monoisotopic (exact) mass is 422 g/mol. The van der Waals surface area contributed by atoms with Gasteiger partial charge in [-0.2, -0.15) is 0 Å². The molecule has 1 amide bonds. The van der Waals surface area contributed by atoms with Gasteiger partial charge >= 0.3 is 0 Å². The fourth-order valence-corrected chi connectivity index (χ4v) is 4.05. The van der Waals surface area contributed by atoms with Crippen molar-refractivity contribution in [3.05, 3.63) is 81.8 Å². The average molecular weight is 423 g/mol. The van der Waals surface area contributed by atoms with E-state index in [1.807, 2.05) is 30.3 Å². The number of hydrogen-bond acceptors (Lipinski definition) is 6. The van der Waals surface area contributed by atoms with Gasteiger partial charge in [0.05, 0.1) is 0 Å². The molecule has 30 heavy (non-hydrogen) atoms.